The highest BCUT2D eigenvalue weighted by Gasteiger charge is 2.28. The van der Waals surface area contributed by atoms with Crippen molar-refractivity contribution in [3.8, 4) is 11.4 Å². The average molecular weight is 449 g/mol. The number of hydrogen-bond acceptors (Lipinski definition) is 6. The van der Waals surface area contributed by atoms with Gasteiger partial charge in [-0.3, -0.25) is 9.78 Å². The van der Waals surface area contributed by atoms with Crippen LogP contribution in [-0.2, 0) is 4.79 Å². The Morgan fingerprint density at radius 1 is 1.09 bits per heavy atom. The Hall–Kier alpha value is -3.33. The van der Waals surface area contributed by atoms with Crippen molar-refractivity contribution in [2.45, 2.75) is 30.3 Å². The van der Waals surface area contributed by atoms with Crippen molar-refractivity contribution >= 4 is 23.3 Å². The number of hydrogen-bond donors (Lipinski definition) is 0. The molecule has 0 radical (unpaired) electrons. The molecule has 5 rings (SSSR count). The second-order valence-electron chi connectivity index (χ2n) is 7.65. The summed E-state index contributed by atoms with van der Waals surface area (Å²) in [6, 6.07) is 13.9. The van der Waals surface area contributed by atoms with Crippen molar-refractivity contribution in [1.82, 2.24) is 29.7 Å². The molecule has 9 heteroatoms. The molecule has 1 unspecified atom stereocenters. The van der Waals surface area contributed by atoms with E-state index in [4.69, 9.17) is 0 Å². The Balaban J connectivity index is 1.32. The quantitative estimate of drug-likeness (QED) is 0.427. The molecule has 4 heterocycles. The summed E-state index contributed by atoms with van der Waals surface area (Å²) in [5.41, 5.74) is 2.43. The zero-order valence-electron chi connectivity index (χ0n) is 17.3. The topological polar surface area (TPSA) is 76.3 Å². The molecule has 0 aliphatic carbocycles. The smallest absolute Gasteiger partial charge is 0.233 e. The molecule has 0 bridgehead atoms. The summed E-state index contributed by atoms with van der Waals surface area (Å²) in [5, 5.41) is 13.7. The first kappa shape index (κ1) is 20.6. The molecule has 1 fully saturated rings. The molecule has 1 aliphatic heterocycles. The molecule has 0 N–H and O–H groups in total. The highest BCUT2D eigenvalue weighted by atomic mass is 32.2. The number of carbonyl (C=O) groups is 1. The van der Waals surface area contributed by atoms with Gasteiger partial charge >= 0.3 is 0 Å². The van der Waals surface area contributed by atoms with Gasteiger partial charge < -0.3 is 4.90 Å². The van der Waals surface area contributed by atoms with Gasteiger partial charge in [0.2, 0.25) is 5.91 Å². The molecular formula is C23H21FN6OS. The van der Waals surface area contributed by atoms with Crippen LogP contribution in [-0.4, -0.2) is 47.9 Å². The molecule has 1 aromatic carbocycles. The van der Waals surface area contributed by atoms with Gasteiger partial charge in [-0.15, -0.1) is 10.2 Å². The highest BCUT2D eigenvalue weighted by Crippen LogP contribution is 2.32. The van der Waals surface area contributed by atoms with Gasteiger partial charge in [0.15, 0.2) is 11.5 Å². The van der Waals surface area contributed by atoms with Crippen LogP contribution in [0.4, 0.5) is 4.39 Å². The molecule has 1 aliphatic rings. The number of aromatic nitrogens is 5. The van der Waals surface area contributed by atoms with Crippen LogP contribution in [0.3, 0.4) is 0 Å². The Labute approximate surface area is 188 Å². The van der Waals surface area contributed by atoms with E-state index in [1.54, 1.807) is 29.0 Å². The molecule has 1 atom stereocenters. The molecule has 32 heavy (non-hydrogen) atoms. The van der Waals surface area contributed by atoms with Crippen molar-refractivity contribution < 1.29 is 9.18 Å². The first-order valence-corrected chi connectivity index (χ1v) is 11.5. The van der Waals surface area contributed by atoms with E-state index in [9.17, 15) is 9.18 Å². The molecule has 7 nitrogen and oxygen atoms in total. The van der Waals surface area contributed by atoms with Gasteiger partial charge in [-0.25, -0.2) is 4.39 Å². The fourth-order valence-corrected chi connectivity index (χ4v) is 4.75. The third kappa shape index (κ3) is 4.20. The maximum Gasteiger partial charge on any atom is 0.233 e. The van der Waals surface area contributed by atoms with Crippen molar-refractivity contribution in [3.63, 3.8) is 0 Å². The van der Waals surface area contributed by atoms with Crippen LogP contribution >= 0.6 is 11.8 Å². The Morgan fingerprint density at radius 2 is 1.97 bits per heavy atom. The number of amides is 1. The lowest BCUT2D eigenvalue weighted by molar-refractivity contribution is -0.132. The number of carbonyl (C=O) groups excluding carboxylic acids is 1. The van der Waals surface area contributed by atoms with Crippen LogP contribution in [0.25, 0.3) is 17.0 Å². The number of fused-ring (bicyclic) bond motifs is 1. The van der Waals surface area contributed by atoms with Crippen LogP contribution < -0.4 is 0 Å². The Bertz CT molecular complexity index is 1230. The first-order valence-electron chi connectivity index (χ1n) is 10.5. The zero-order valence-corrected chi connectivity index (χ0v) is 18.1. The number of pyridine rings is 1. The van der Waals surface area contributed by atoms with E-state index in [0.717, 1.165) is 30.4 Å². The van der Waals surface area contributed by atoms with Crippen molar-refractivity contribution in [2.75, 3.05) is 12.3 Å². The molecule has 1 amide bonds. The lowest BCUT2D eigenvalue weighted by Crippen LogP contribution is -2.39. The predicted molar refractivity (Wildman–Crippen MR) is 119 cm³/mol. The number of benzene rings is 1. The van der Waals surface area contributed by atoms with Gasteiger partial charge in [0.1, 0.15) is 10.8 Å². The standard InChI is InChI=1S/C23H21FN6OS/c24-18-8-6-16(7-9-18)19-5-1-2-13-29(19)22(31)15-32-21-11-10-20-26-27-23(30(20)28-21)17-4-3-12-25-14-17/h3-4,6-12,14,19H,1-2,5,13,15H2. The summed E-state index contributed by atoms with van der Waals surface area (Å²) in [7, 11) is 0. The summed E-state index contributed by atoms with van der Waals surface area (Å²) >= 11 is 1.39. The van der Waals surface area contributed by atoms with Crippen LogP contribution in [0.1, 0.15) is 30.9 Å². The number of thioether (sulfide) groups is 1. The third-order valence-corrected chi connectivity index (χ3v) is 6.48. The lowest BCUT2D eigenvalue weighted by Gasteiger charge is -2.36. The normalized spacial score (nSPS) is 16.4. The Morgan fingerprint density at radius 3 is 2.78 bits per heavy atom. The van der Waals surface area contributed by atoms with Gasteiger partial charge in [0.05, 0.1) is 11.8 Å². The van der Waals surface area contributed by atoms with Crippen LogP contribution in [0.2, 0.25) is 0 Å². The maximum absolute atomic E-state index is 13.3. The second-order valence-corrected chi connectivity index (χ2v) is 8.64. The van der Waals surface area contributed by atoms with Crippen LogP contribution in [0, 0.1) is 5.82 Å². The number of rotatable bonds is 5. The molecule has 162 valence electrons. The van der Waals surface area contributed by atoms with Crippen LogP contribution in [0.15, 0.2) is 66.0 Å². The van der Waals surface area contributed by atoms with Gasteiger partial charge in [-0.05, 0) is 61.2 Å². The van der Waals surface area contributed by atoms with E-state index in [1.807, 2.05) is 29.2 Å². The summed E-state index contributed by atoms with van der Waals surface area (Å²) in [6.07, 6.45) is 6.34. The monoisotopic (exact) mass is 448 g/mol. The van der Waals surface area contributed by atoms with E-state index in [-0.39, 0.29) is 23.5 Å². The van der Waals surface area contributed by atoms with E-state index >= 15 is 0 Å². The lowest BCUT2D eigenvalue weighted by atomic mass is 9.95. The van der Waals surface area contributed by atoms with Crippen molar-refractivity contribution in [1.29, 1.82) is 0 Å². The summed E-state index contributed by atoms with van der Waals surface area (Å²) in [6.45, 7) is 0.713. The van der Waals surface area contributed by atoms with Crippen molar-refractivity contribution in [3.05, 3.63) is 72.3 Å². The van der Waals surface area contributed by atoms with E-state index in [0.29, 0.717) is 23.0 Å². The second kappa shape index (κ2) is 9.04. The first-order chi connectivity index (χ1) is 15.7. The molecule has 0 saturated carbocycles. The molecule has 1 saturated heterocycles. The molecular weight excluding hydrogens is 427 g/mol. The Kier molecular flexibility index (Phi) is 5.81. The molecule has 0 spiro atoms. The zero-order chi connectivity index (χ0) is 21.9. The summed E-state index contributed by atoms with van der Waals surface area (Å²) in [4.78, 5) is 19.1. The minimum absolute atomic E-state index is 0.0112. The van der Waals surface area contributed by atoms with E-state index in [2.05, 4.69) is 20.3 Å². The number of nitrogens with zero attached hydrogens (tertiary/aromatic N) is 6. The third-order valence-electron chi connectivity index (χ3n) is 5.58. The fraction of sp³-hybridized carbons (Fsp3) is 0.261. The fourth-order valence-electron chi connectivity index (χ4n) is 4.00. The van der Waals surface area contributed by atoms with Gasteiger partial charge in [-0.1, -0.05) is 23.9 Å². The number of likely N-dealkylation sites (tertiary alicyclic amines) is 1. The van der Waals surface area contributed by atoms with Gasteiger partial charge in [0, 0.05) is 24.5 Å². The van der Waals surface area contributed by atoms with Crippen LogP contribution in [0.5, 0.6) is 0 Å². The molecule has 3 aromatic heterocycles. The highest BCUT2D eigenvalue weighted by molar-refractivity contribution is 7.99. The average Bonchev–Trinajstić information content (AvgIpc) is 3.27. The minimum atomic E-state index is -0.265. The van der Waals surface area contributed by atoms with Gasteiger partial charge in [-0.2, -0.15) is 9.61 Å². The minimum Gasteiger partial charge on any atom is -0.335 e. The van der Waals surface area contributed by atoms with E-state index in [1.165, 1.54) is 23.9 Å². The number of piperidine rings is 1. The summed E-state index contributed by atoms with van der Waals surface area (Å²) in [5.74, 6) is 0.677. The SMILES string of the molecule is O=C(CSc1ccc2nnc(-c3cccnc3)n2n1)N1CCCCC1c1ccc(F)cc1. The van der Waals surface area contributed by atoms with Crippen molar-refractivity contribution in [2.24, 2.45) is 0 Å². The predicted octanol–water partition coefficient (Wildman–Crippen LogP) is 4.17. The largest absolute Gasteiger partial charge is 0.335 e. The number of halogens is 1. The summed E-state index contributed by atoms with van der Waals surface area (Å²) < 4.78 is 15.0. The maximum atomic E-state index is 13.3. The van der Waals surface area contributed by atoms with E-state index < -0.39 is 0 Å². The molecule has 4 aromatic rings. The van der Waals surface area contributed by atoms with Gasteiger partial charge in [0.25, 0.3) is 0 Å².